The lowest BCUT2D eigenvalue weighted by Gasteiger charge is -2.54. The summed E-state index contributed by atoms with van der Waals surface area (Å²) in [7, 11) is 0. The van der Waals surface area contributed by atoms with Gasteiger partial charge in [0.2, 0.25) is 0 Å². The lowest BCUT2D eigenvalue weighted by Crippen LogP contribution is -2.71. The van der Waals surface area contributed by atoms with Crippen LogP contribution in [-0.2, 0) is 0 Å². The largest absolute Gasteiger partial charge is 0.422 e. The molecule has 1 aliphatic rings. The molecule has 1 saturated carbocycles. The minimum Gasteiger partial charge on any atom is -0.422 e. The maximum atomic E-state index is 9.54. The maximum absolute atomic E-state index is 9.54. The zero-order valence-electron chi connectivity index (χ0n) is 7.49. The monoisotopic (exact) mass is 176 g/mol. The van der Waals surface area contributed by atoms with E-state index in [4.69, 9.17) is 15.9 Å². The molecule has 4 nitrogen and oxygen atoms in total. The second kappa shape index (κ2) is 2.96. The molecular formula is C8H18NO3+. The van der Waals surface area contributed by atoms with E-state index in [1.807, 2.05) is 13.8 Å². The van der Waals surface area contributed by atoms with Crippen molar-refractivity contribution in [1.29, 1.82) is 0 Å². The van der Waals surface area contributed by atoms with Gasteiger partial charge in [0.25, 0.3) is 6.29 Å². The van der Waals surface area contributed by atoms with E-state index in [1.54, 1.807) is 0 Å². The Labute approximate surface area is 72.0 Å². The van der Waals surface area contributed by atoms with Crippen LogP contribution < -0.4 is 5.73 Å². The van der Waals surface area contributed by atoms with Crippen molar-refractivity contribution in [3.63, 3.8) is 0 Å². The molecule has 0 saturated heterocycles. The van der Waals surface area contributed by atoms with Gasteiger partial charge >= 0.3 is 0 Å². The Bertz CT molecular complexity index is 162. The van der Waals surface area contributed by atoms with Crippen molar-refractivity contribution in [2.45, 2.75) is 38.2 Å². The van der Waals surface area contributed by atoms with Crippen molar-refractivity contribution in [2.24, 2.45) is 17.6 Å². The minimum absolute atomic E-state index is 0.152. The molecule has 0 aliphatic heterocycles. The molecule has 72 valence electrons. The van der Waals surface area contributed by atoms with E-state index >= 15 is 0 Å². The second-order valence-electron chi connectivity index (χ2n) is 3.92. The van der Waals surface area contributed by atoms with Crippen LogP contribution in [-0.4, -0.2) is 33.3 Å². The topological polar surface area (TPSA) is 89.4 Å². The lowest BCUT2D eigenvalue weighted by atomic mass is 9.57. The van der Waals surface area contributed by atoms with Crippen molar-refractivity contribution in [3.8, 4) is 0 Å². The molecule has 0 radical (unpaired) electrons. The van der Waals surface area contributed by atoms with Gasteiger partial charge in [-0.3, -0.25) is 0 Å². The Morgan fingerprint density at radius 3 is 2.42 bits per heavy atom. The second-order valence-corrected chi connectivity index (χ2v) is 3.92. The maximum Gasteiger partial charge on any atom is 0.262 e. The van der Waals surface area contributed by atoms with Gasteiger partial charge in [0.1, 0.15) is 0 Å². The number of aliphatic hydroxyl groups is 2. The molecule has 0 bridgehead atoms. The third-order valence-corrected chi connectivity index (χ3v) is 3.23. The van der Waals surface area contributed by atoms with Crippen LogP contribution in [0.25, 0.3) is 0 Å². The van der Waals surface area contributed by atoms with Crippen molar-refractivity contribution in [2.75, 3.05) is 0 Å². The molecular weight excluding hydrogens is 158 g/mol. The van der Waals surface area contributed by atoms with Crippen LogP contribution in [0.3, 0.4) is 0 Å². The first-order valence-electron chi connectivity index (χ1n) is 4.25. The molecule has 5 atom stereocenters. The average Bonchev–Trinajstić information content (AvgIpc) is 2.00. The summed E-state index contributed by atoms with van der Waals surface area (Å²) >= 11 is 0. The molecule has 0 aromatic heterocycles. The van der Waals surface area contributed by atoms with E-state index in [0.29, 0.717) is 0 Å². The Balaban J connectivity index is 2.60. The van der Waals surface area contributed by atoms with E-state index < -0.39 is 17.9 Å². The molecule has 6 N–H and O–H groups in total. The predicted octanol–water partition coefficient (Wildman–Crippen LogP) is -1.24. The van der Waals surface area contributed by atoms with Gasteiger partial charge in [-0.2, -0.15) is 0 Å². The van der Waals surface area contributed by atoms with Gasteiger partial charge in [0.05, 0.1) is 18.1 Å². The molecule has 0 amide bonds. The number of nitrogens with two attached hydrogens (primary N) is 1. The number of rotatable bonds is 2. The standard InChI is InChI=1S/C8H17NO3/c1-4-5(2)8(9,7(4)12)3-6(10)11/h4-7,10-12H,3,9H2,1-2H3/p+1. The number of aliphatic hydroxyl groups excluding tert-OH is 2. The summed E-state index contributed by atoms with van der Waals surface area (Å²) in [6.07, 6.45) is -1.60. The van der Waals surface area contributed by atoms with Crippen molar-refractivity contribution >= 4 is 0 Å². The van der Waals surface area contributed by atoms with Gasteiger partial charge in [0, 0.05) is 0 Å². The summed E-state index contributed by atoms with van der Waals surface area (Å²) in [5.41, 5.74) is 5.10. The first kappa shape index (κ1) is 9.92. The molecule has 12 heavy (non-hydrogen) atoms. The lowest BCUT2D eigenvalue weighted by molar-refractivity contribution is -0.153. The van der Waals surface area contributed by atoms with Crippen LogP contribution in [0, 0.1) is 11.8 Å². The molecule has 0 aromatic rings. The zero-order chi connectivity index (χ0) is 9.52. The first-order valence-corrected chi connectivity index (χ1v) is 4.25. The van der Waals surface area contributed by atoms with Gasteiger partial charge in [-0.15, -0.1) is 0 Å². The van der Waals surface area contributed by atoms with E-state index in [9.17, 15) is 5.11 Å². The number of hydrogen-bond donors (Lipinski definition) is 3. The van der Waals surface area contributed by atoms with Crippen LogP contribution in [0.4, 0.5) is 0 Å². The molecule has 1 fully saturated rings. The summed E-state index contributed by atoms with van der Waals surface area (Å²) in [5, 5.41) is 25.4. The Hall–Kier alpha value is -0.160. The van der Waals surface area contributed by atoms with Crippen LogP contribution in [0.2, 0.25) is 0 Å². The summed E-state index contributed by atoms with van der Waals surface area (Å²) < 4.78 is 0. The molecule has 0 spiro atoms. The van der Waals surface area contributed by atoms with Crippen LogP contribution in [0.1, 0.15) is 20.3 Å². The zero-order valence-corrected chi connectivity index (χ0v) is 7.49. The van der Waals surface area contributed by atoms with Gasteiger partial charge in [-0.25, -0.2) is 0 Å². The van der Waals surface area contributed by atoms with Gasteiger partial charge in [-0.05, 0) is 11.8 Å². The molecule has 0 aromatic carbocycles. The quantitative estimate of drug-likeness (QED) is 0.363. The van der Waals surface area contributed by atoms with Gasteiger partial charge in [-0.1, -0.05) is 13.8 Å². The van der Waals surface area contributed by atoms with Gasteiger partial charge in [0.15, 0.2) is 0 Å². The summed E-state index contributed by atoms with van der Waals surface area (Å²) in [6.45, 7) is 3.87. The highest BCUT2D eigenvalue weighted by atomic mass is 16.5. The minimum atomic E-state index is -1.18. The smallest absolute Gasteiger partial charge is 0.262 e. The molecule has 1 rings (SSSR count). The van der Waals surface area contributed by atoms with E-state index in [0.717, 1.165) is 0 Å². The normalized spacial score (nSPS) is 50.0. The SMILES string of the molecule is CC1C(C)C(N)(CC(O)[OH2+])C1O. The van der Waals surface area contributed by atoms with Crippen LogP contribution in [0.15, 0.2) is 0 Å². The highest BCUT2D eigenvalue weighted by molar-refractivity contribution is 5.10. The number of hydrogen-bond acceptors (Lipinski definition) is 3. The van der Waals surface area contributed by atoms with Gasteiger partial charge < -0.3 is 21.1 Å². The highest BCUT2D eigenvalue weighted by Crippen LogP contribution is 2.44. The highest BCUT2D eigenvalue weighted by Gasteiger charge is 2.56. The summed E-state index contributed by atoms with van der Waals surface area (Å²) in [5.74, 6) is 0.348. The molecule has 1 aliphatic carbocycles. The fourth-order valence-electron chi connectivity index (χ4n) is 2.04. The molecule has 5 unspecified atom stereocenters. The summed E-state index contributed by atoms with van der Waals surface area (Å²) in [4.78, 5) is 0. The first-order chi connectivity index (χ1) is 5.39. The van der Waals surface area contributed by atoms with E-state index in [-0.39, 0.29) is 18.3 Å². The Morgan fingerprint density at radius 1 is 1.58 bits per heavy atom. The Morgan fingerprint density at radius 2 is 2.08 bits per heavy atom. The Kier molecular flexibility index (Phi) is 2.45. The van der Waals surface area contributed by atoms with Crippen molar-refractivity contribution < 1.29 is 15.3 Å². The van der Waals surface area contributed by atoms with Crippen LogP contribution >= 0.6 is 0 Å². The average molecular weight is 176 g/mol. The van der Waals surface area contributed by atoms with Crippen molar-refractivity contribution in [1.82, 2.24) is 0 Å². The predicted molar refractivity (Wildman–Crippen MR) is 45.5 cm³/mol. The molecule has 4 heteroatoms. The van der Waals surface area contributed by atoms with E-state index in [1.165, 1.54) is 0 Å². The summed E-state index contributed by atoms with van der Waals surface area (Å²) in [6, 6.07) is 0. The fourth-order valence-corrected chi connectivity index (χ4v) is 2.04. The third-order valence-electron chi connectivity index (χ3n) is 3.23. The van der Waals surface area contributed by atoms with Crippen molar-refractivity contribution in [3.05, 3.63) is 0 Å². The third kappa shape index (κ3) is 1.25. The van der Waals surface area contributed by atoms with Crippen LogP contribution in [0.5, 0.6) is 0 Å². The molecule has 0 heterocycles. The fraction of sp³-hybridized carbons (Fsp3) is 1.00. The van der Waals surface area contributed by atoms with E-state index in [2.05, 4.69) is 0 Å².